The predicted molar refractivity (Wildman–Crippen MR) is 135 cm³/mol. The number of rotatable bonds is 7. The average Bonchev–Trinajstić information content (AvgIpc) is 3.12. The average molecular weight is 510 g/mol. The molecule has 1 aliphatic rings. The normalized spacial score (nSPS) is 16.9. The minimum absolute atomic E-state index is 0.00798. The number of hydrogen-bond acceptors (Lipinski definition) is 7. The van der Waals surface area contributed by atoms with E-state index < -0.39 is 23.5 Å². The van der Waals surface area contributed by atoms with Gasteiger partial charge in [0.05, 0.1) is 30.5 Å². The number of ether oxygens (including phenoxy) is 2. The molecule has 1 unspecified atom stereocenters. The quantitative estimate of drug-likeness (QED) is 0.228. The van der Waals surface area contributed by atoms with Gasteiger partial charge in [-0.15, -0.1) is 0 Å². The van der Waals surface area contributed by atoms with Crippen molar-refractivity contribution in [2.75, 3.05) is 18.1 Å². The number of aliphatic hydroxyl groups excluding tert-OH is 1. The molecule has 1 aliphatic heterocycles. The summed E-state index contributed by atoms with van der Waals surface area (Å²) in [6, 6.07) is 13.7. The molecule has 1 fully saturated rings. The second-order valence-electron chi connectivity index (χ2n) is 7.92. The lowest BCUT2D eigenvalue weighted by Crippen LogP contribution is -2.29. The van der Waals surface area contributed by atoms with Crippen LogP contribution in [-0.2, 0) is 9.59 Å². The van der Waals surface area contributed by atoms with E-state index in [4.69, 9.17) is 21.1 Å². The van der Waals surface area contributed by atoms with Crippen molar-refractivity contribution in [3.8, 4) is 23.0 Å². The molecule has 1 amide bonds. The van der Waals surface area contributed by atoms with E-state index in [0.717, 1.165) is 4.90 Å². The van der Waals surface area contributed by atoms with E-state index in [-0.39, 0.29) is 40.1 Å². The fourth-order valence-electron chi connectivity index (χ4n) is 4.09. The highest BCUT2D eigenvalue weighted by atomic mass is 35.5. The molecule has 3 aromatic rings. The molecule has 36 heavy (non-hydrogen) atoms. The van der Waals surface area contributed by atoms with Gasteiger partial charge in [0.2, 0.25) is 0 Å². The molecular formula is C27H24ClNO7. The van der Waals surface area contributed by atoms with E-state index >= 15 is 0 Å². The van der Waals surface area contributed by atoms with Gasteiger partial charge in [-0.1, -0.05) is 17.7 Å². The lowest BCUT2D eigenvalue weighted by Gasteiger charge is -2.26. The fraction of sp³-hybridized carbons (Fsp3) is 0.185. The van der Waals surface area contributed by atoms with Gasteiger partial charge in [-0.2, -0.15) is 0 Å². The molecule has 3 N–H and O–H groups in total. The molecule has 1 atom stereocenters. The Morgan fingerprint density at radius 3 is 2.25 bits per heavy atom. The highest BCUT2D eigenvalue weighted by Crippen LogP contribution is 2.46. The highest BCUT2D eigenvalue weighted by molar-refractivity contribution is 6.52. The first kappa shape index (κ1) is 24.9. The van der Waals surface area contributed by atoms with E-state index in [1.165, 1.54) is 36.4 Å². The Hall–Kier alpha value is -4.17. The second kappa shape index (κ2) is 10.2. The summed E-state index contributed by atoms with van der Waals surface area (Å²) in [7, 11) is 0. The summed E-state index contributed by atoms with van der Waals surface area (Å²) < 4.78 is 10.9. The number of benzene rings is 3. The molecule has 0 aliphatic carbocycles. The first-order chi connectivity index (χ1) is 17.3. The molecule has 1 heterocycles. The Morgan fingerprint density at radius 2 is 1.58 bits per heavy atom. The van der Waals surface area contributed by atoms with E-state index in [9.17, 15) is 24.9 Å². The maximum atomic E-state index is 13.3. The Kier molecular flexibility index (Phi) is 7.07. The first-order valence-electron chi connectivity index (χ1n) is 11.2. The smallest absolute Gasteiger partial charge is 0.300 e. The zero-order valence-corrected chi connectivity index (χ0v) is 20.3. The van der Waals surface area contributed by atoms with Gasteiger partial charge in [0.25, 0.3) is 11.7 Å². The molecule has 0 radical (unpaired) electrons. The molecule has 9 heteroatoms. The van der Waals surface area contributed by atoms with Crippen LogP contribution in [-0.4, -0.2) is 40.2 Å². The van der Waals surface area contributed by atoms with Crippen molar-refractivity contribution >= 4 is 34.7 Å². The summed E-state index contributed by atoms with van der Waals surface area (Å²) in [6.45, 7) is 4.31. The van der Waals surface area contributed by atoms with Crippen molar-refractivity contribution in [2.45, 2.75) is 19.9 Å². The topological polar surface area (TPSA) is 117 Å². The Balaban J connectivity index is 1.95. The lowest BCUT2D eigenvalue weighted by molar-refractivity contribution is -0.132. The number of phenolic OH excluding ortho intramolecular Hbond substituents is 2. The van der Waals surface area contributed by atoms with E-state index in [1.807, 2.05) is 6.92 Å². The van der Waals surface area contributed by atoms with Gasteiger partial charge in [-0.3, -0.25) is 14.5 Å². The maximum Gasteiger partial charge on any atom is 0.300 e. The molecular weight excluding hydrogens is 486 g/mol. The molecule has 0 bridgehead atoms. The minimum Gasteiger partial charge on any atom is -0.507 e. The number of phenols is 2. The van der Waals surface area contributed by atoms with Crippen LogP contribution in [0, 0.1) is 0 Å². The highest BCUT2D eigenvalue weighted by Gasteiger charge is 2.48. The number of amides is 1. The molecule has 0 aromatic heterocycles. The number of Topliss-reactive ketones (excluding diaryl/α,β-unsaturated/α-hetero) is 1. The van der Waals surface area contributed by atoms with Crippen LogP contribution in [0.4, 0.5) is 5.69 Å². The summed E-state index contributed by atoms with van der Waals surface area (Å²) in [4.78, 5) is 27.7. The number of anilines is 1. The number of carbonyl (C=O) groups excluding carboxylic acids is 2. The van der Waals surface area contributed by atoms with Gasteiger partial charge in [-0.05, 0) is 74.0 Å². The molecule has 1 saturated heterocycles. The summed E-state index contributed by atoms with van der Waals surface area (Å²) in [5, 5.41) is 32.2. The third kappa shape index (κ3) is 4.55. The predicted octanol–water partition coefficient (Wildman–Crippen LogP) is 5.17. The van der Waals surface area contributed by atoms with Gasteiger partial charge in [0, 0.05) is 10.6 Å². The number of carbonyl (C=O) groups is 2. The number of aromatic hydroxyl groups is 2. The Bertz CT molecular complexity index is 1350. The summed E-state index contributed by atoms with van der Waals surface area (Å²) in [5.41, 5.74) is 0.450. The Morgan fingerprint density at radius 1 is 0.917 bits per heavy atom. The zero-order valence-electron chi connectivity index (χ0n) is 19.6. The van der Waals surface area contributed by atoms with Crippen LogP contribution < -0.4 is 14.4 Å². The van der Waals surface area contributed by atoms with Crippen LogP contribution >= 0.6 is 11.6 Å². The fourth-order valence-corrected chi connectivity index (χ4v) is 4.26. The molecule has 8 nitrogen and oxygen atoms in total. The van der Waals surface area contributed by atoms with Crippen molar-refractivity contribution in [2.24, 2.45) is 0 Å². The standard InChI is InChI=1S/C27H24ClNO7/c1-3-35-18-9-5-15(6-10-18)25(32)23-24(16-7-11-21(31)22(13-16)36-4-2)29(27(34)26(23)33)19-14-17(28)8-12-20(19)30/h5-14,24,30-32H,3-4H2,1-2H3/b25-23+. The minimum atomic E-state index is -1.15. The van der Waals surface area contributed by atoms with Gasteiger partial charge in [-0.25, -0.2) is 0 Å². The van der Waals surface area contributed by atoms with Crippen LogP contribution in [0.5, 0.6) is 23.0 Å². The number of hydrogen-bond donors (Lipinski definition) is 3. The van der Waals surface area contributed by atoms with Gasteiger partial charge < -0.3 is 24.8 Å². The zero-order chi connectivity index (χ0) is 26.0. The van der Waals surface area contributed by atoms with E-state index in [2.05, 4.69) is 0 Å². The van der Waals surface area contributed by atoms with E-state index in [0.29, 0.717) is 23.5 Å². The number of aliphatic hydroxyl groups is 1. The molecule has 3 aromatic carbocycles. The lowest BCUT2D eigenvalue weighted by atomic mass is 9.94. The van der Waals surface area contributed by atoms with Crippen LogP contribution in [0.25, 0.3) is 5.76 Å². The largest absolute Gasteiger partial charge is 0.507 e. The van der Waals surface area contributed by atoms with Crippen LogP contribution in [0.2, 0.25) is 5.02 Å². The number of ketones is 1. The monoisotopic (exact) mass is 509 g/mol. The third-order valence-corrected chi connectivity index (χ3v) is 5.91. The molecule has 0 saturated carbocycles. The van der Waals surface area contributed by atoms with Crippen LogP contribution in [0.1, 0.15) is 31.0 Å². The Labute approximate surface area is 212 Å². The molecule has 186 valence electrons. The van der Waals surface area contributed by atoms with Crippen molar-refractivity contribution in [1.82, 2.24) is 0 Å². The van der Waals surface area contributed by atoms with Crippen molar-refractivity contribution in [3.63, 3.8) is 0 Å². The van der Waals surface area contributed by atoms with Gasteiger partial charge in [0.15, 0.2) is 11.5 Å². The van der Waals surface area contributed by atoms with Crippen LogP contribution in [0.3, 0.4) is 0 Å². The maximum absolute atomic E-state index is 13.3. The van der Waals surface area contributed by atoms with Gasteiger partial charge in [0.1, 0.15) is 17.3 Å². The summed E-state index contributed by atoms with van der Waals surface area (Å²) in [5.74, 6) is -2.01. The number of halogens is 1. The first-order valence-corrected chi connectivity index (χ1v) is 11.6. The second-order valence-corrected chi connectivity index (χ2v) is 8.36. The SMILES string of the molecule is CCOc1ccc(/C(O)=C2\C(=O)C(=O)N(c3cc(Cl)ccc3O)C2c2ccc(O)c(OCC)c2)cc1. The summed E-state index contributed by atoms with van der Waals surface area (Å²) >= 11 is 6.14. The van der Waals surface area contributed by atoms with Crippen molar-refractivity contribution in [3.05, 3.63) is 82.4 Å². The molecule has 4 rings (SSSR count). The number of nitrogens with zero attached hydrogens (tertiary/aromatic N) is 1. The van der Waals surface area contributed by atoms with Crippen molar-refractivity contribution in [1.29, 1.82) is 0 Å². The molecule has 0 spiro atoms. The van der Waals surface area contributed by atoms with Crippen molar-refractivity contribution < 1.29 is 34.4 Å². The third-order valence-electron chi connectivity index (χ3n) is 5.68. The van der Waals surface area contributed by atoms with E-state index in [1.54, 1.807) is 31.2 Å². The van der Waals surface area contributed by atoms with Crippen LogP contribution in [0.15, 0.2) is 66.2 Å². The van der Waals surface area contributed by atoms with Gasteiger partial charge >= 0.3 is 0 Å². The summed E-state index contributed by atoms with van der Waals surface area (Å²) in [6.07, 6.45) is 0.